The molecule has 0 aliphatic heterocycles. The summed E-state index contributed by atoms with van der Waals surface area (Å²) in [5.41, 5.74) is 0. The average Bonchev–Trinajstić information content (AvgIpc) is 2.46. The van der Waals surface area contributed by atoms with Crippen molar-refractivity contribution >= 4 is 55.1 Å². The van der Waals surface area contributed by atoms with Gasteiger partial charge in [0.05, 0.1) is 15.1 Å². The third kappa shape index (κ3) is 3.92. The predicted octanol–water partition coefficient (Wildman–Crippen LogP) is 2.48. The molecule has 4 nitrogen and oxygen atoms in total. The summed E-state index contributed by atoms with van der Waals surface area (Å²) in [6.45, 7) is 0.140. The molecule has 0 aliphatic carbocycles. The first-order chi connectivity index (χ1) is 7.00. The van der Waals surface area contributed by atoms with E-state index in [0.717, 1.165) is 8.26 Å². The monoisotopic (exact) mass is 355 g/mol. The lowest BCUT2D eigenvalue weighted by atomic mass is 10.4. The SMILES string of the molecule is O=C(O)CCNC(=O)c1cc(Br)c(Br)s1. The van der Waals surface area contributed by atoms with E-state index in [2.05, 4.69) is 37.2 Å². The van der Waals surface area contributed by atoms with Gasteiger partial charge in [-0.05, 0) is 37.9 Å². The molecule has 0 radical (unpaired) electrons. The van der Waals surface area contributed by atoms with Gasteiger partial charge in [-0.1, -0.05) is 0 Å². The van der Waals surface area contributed by atoms with Gasteiger partial charge in [0.15, 0.2) is 0 Å². The molecular weight excluding hydrogens is 350 g/mol. The molecule has 0 fully saturated rings. The Bertz CT molecular complexity index is 372. The van der Waals surface area contributed by atoms with E-state index in [4.69, 9.17) is 5.11 Å². The van der Waals surface area contributed by atoms with Crippen LogP contribution in [0.25, 0.3) is 0 Å². The molecule has 0 aromatic carbocycles. The molecule has 1 rings (SSSR count). The van der Waals surface area contributed by atoms with Crippen molar-refractivity contribution in [2.45, 2.75) is 6.42 Å². The fourth-order valence-corrected chi connectivity index (χ4v) is 2.78. The zero-order valence-electron chi connectivity index (χ0n) is 7.42. The number of carboxylic acid groups (broad SMARTS) is 1. The van der Waals surface area contributed by atoms with Crippen molar-refractivity contribution < 1.29 is 14.7 Å². The van der Waals surface area contributed by atoms with Gasteiger partial charge < -0.3 is 10.4 Å². The molecule has 0 saturated carbocycles. The maximum absolute atomic E-state index is 11.5. The normalized spacial score (nSPS) is 10.0. The lowest BCUT2D eigenvalue weighted by Crippen LogP contribution is -2.25. The van der Waals surface area contributed by atoms with Crippen molar-refractivity contribution in [1.29, 1.82) is 0 Å². The summed E-state index contributed by atoms with van der Waals surface area (Å²) in [7, 11) is 0. The molecule has 0 bridgehead atoms. The highest BCUT2D eigenvalue weighted by Gasteiger charge is 2.11. The van der Waals surface area contributed by atoms with Crippen LogP contribution >= 0.6 is 43.2 Å². The van der Waals surface area contributed by atoms with Crippen LogP contribution < -0.4 is 5.32 Å². The number of carbonyl (C=O) groups is 2. The predicted molar refractivity (Wildman–Crippen MR) is 64.3 cm³/mol. The van der Waals surface area contributed by atoms with Crippen LogP contribution in [0.1, 0.15) is 16.1 Å². The van der Waals surface area contributed by atoms with Crippen molar-refractivity contribution in [1.82, 2.24) is 5.32 Å². The lowest BCUT2D eigenvalue weighted by Gasteiger charge is -1.99. The molecule has 82 valence electrons. The molecule has 0 spiro atoms. The molecule has 1 aromatic heterocycles. The zero-order chi connectivity index (χ0) is 11.4. The molecule has 1 amide bonds. The maximum Gasteiger partial charge on any atom is 0.305 e. The van der Waals surface area contributed by atoms with E-state index in [1.54, 1.807) is 6.07 Å². The molecule has 0 aliphatic rings. The number of rotatable bonds is 4. The molecule has 0 unspecified atom stereocenters. The highest BCUT2D eigenvalue weighted by atomic mass is 79.9. The van der Waals surface area contributed by atoms with Gasteiger partial charge in [0.25, 0.3) is 5.91 Å². The van der Waals surface area contributed by atoms with Crippen molar-refractivity contribution in [3.8, 4) is 0 Å². The molecule has 1 heterocycles. The van der Waals surface area contributed by atoms with Crippen LogP contribution in [-0.2, 0) is 4.79 Å². The second-order valence-electron chi connectivity index (χ2n) is 2.63. The fourth-order valence-electron chi connectivity index (χ4n) is 0.829. The minimum atomic E-state index is -0.927. The molecule has 2 N–H and O–H groups in total. The Labute approximate surface area is 107 Å². The molecule has 0 saturated heterocycles. The van der Waals surface area contributed by atoms with Crippen LogP contribution in [-0.4, -0.2) is 23.5 Å². The van der Waals surface area contributed by atoms with E-state index in [1.807, 2.05) is 0 Å². The Hall–Kier alpha value is -0.400. The number of amides is 1. The minimum Gasteiger partial charge on any atom is -0.481 e. The van der Waals surface area contributed by atoms with E-state index in [1.165, 1.54) is 11.3 Å². The quantitative estimate of drug-likeness (QED) is 0.870. The van der Waals surface area contributed by atoms with Crippen LogP contribution in [0.2, 0.25) is 0 Å². The molecule has 7 heteroatoms. The summed E-state index contributed by atoms with van der Waals surface area (Å²) >= 11 is 7.83. The molecule has 1 aromatic rings. The van der Waals surface area contributed by atoms with Crippen molar-refractivity contribution in [3.63, 3.8) is 0 Å². The highest BCUT2D eigenvalue weighted by molar-refractivity contribution is 9.13. The Morgan fingerprint density at radius 3 is 2.60 bits per heavy atom. The summed E-state index contributed by atoms with van der Waals surface area (Å²) in [5, 5.41) is 10.9. The second kappa shape index (κ2) is 5.62. The first-order valence-electron chi connectivity index (χ1n) is 3.95. The van der Waals surface area contributed by atoms with Crippen molar-refractivity contribution in [2.75, 3.05) is 6.54 Å². The zero-order valence-corrected chi connectivity index (χ0v) is 11.4. The summed E-state index contributed by atoms with van der Waals surface area (Å²) < 4.78 is 1.65. The van der Waals surface area contributed by atoms with E-state index in [9.17, 15) is 9.59 Å². The van der Waals surface area contributed by atoms with E-state index < -0.39 is 5.97 Å². The van der Waals surface area contributed by atoms with E-state index >= 15 is 0 Å². The second-order valence-corrected chi connectivity index (χ2v) is 5.86. The number of thiophene rings is 1. The fraction of sp³-hybridized carbons (Fsp3) is 0.250. The van der Waals surface area contributed by atoms with Crippen LogP contribution in [0.5, 0.6) is 0 Å². The number of carboxylic acids is 1. The van der Waals surface area contributed by atoms with Crippen LogP contribution in [0.4, 0.5) is 0 Å². The molecule has 15 heavy (non-hydrogen) atoms. The van der Waals surface area contributed by atoms with Gasteiger partial charge in [-0.3, -0.25) is 9.59 Å². The van der Waals surface area contributed by atoms with E-state index in [0.29, 0.717) is 4.88 Å². The first kappa shape index (κ1) is 12.7. The van der Waals surface area contributed by atoms with Crippen molar-refractivity contribution in [2.24, 2.45) is 0 Å². The third-order valence-corrected chi connectivity index (χ3v) is 4.75. The smallest absolute Gasteiger partial charge is 0.305 e. The minimum absolute atomic E-state index is 0.0700. The molecular formula is C8H7Br2NO3S. The summed E-state index contributed by atoms with van der Waals surface area (Å²) in [5.74, 6) is -1.18. The summed E-state index contributed by atoms with van der Waals surface area (Å²) in [6.07, 6.45) is -0.0700. The largest absolute Gasteiger partial charge is 0.481 e. The summed E-state index contributed by atoms with van der Waals surface area (Å²) in [4.78, 5) is 22.2. The first-order valence-corrected chi connectivity index (χ1v) is 6.36. The average molecular weight is 357 g/mol. The lowest BCUT2D eigenvalue weighted by molar-refractivity contribution is -0.136. The number of nitrogens with one attached hydrogen (secondary N) is 1. The van der Waals surface area contributed by atoms with Crippen LogP contribution in [0, 0.1) is 0 Å². The standard InChI is InChI=1S/C8H7Br2NO3S/c9-4-3-5(15-7(4)10)8(14)11-2-1-6(12)13/h3H,1-2H2,(H,11,14)(H,12,13). The Morgan fingerprint density at radius 1 is 1.47 bits per heavy atom. The van der Waals surface area contributed by atoms with Crippen LogP contribution in [0.3, 0.4) is 0 Å². The van der Waals surface area contributed by atoms with Gasteiger partial charge in [-0.25, -0.2) is 0 Å². The Kier molecular flexibility index (Phi) is 4.75. The topological polar surface area (TPSA) is 66.4 Å². The van der Waals surface area contributed by atoms with Gasteiger partial charge in [-0.15, -0.1) is 11.3 Å². The van der Waals surface area contributed by atoms with Crippen LogP contribution in [0.15, 0.2) is 14.3 Å². The number of hydrogen-bond donors (Lipinski definition) is 2. The highest BCUT2D eigenvalue weighted by Crippen LogP contribution is 2.32. The van der Waals surface area contributed by atoms with Gasteiger partial charge in [-0.2, -0.15) is 0 Å². The van der Waals surface area contributed by atoms with Crippen molar-refractivity contribution in [3.05, 3.63) is 19.2 Å². The Balaban J connectivity index is 2.50. The maximum atomic E-state index is 11.5. The number of hydrogen-bond acceptors (Lipinski definition) is 3. The third-order valence-electron chi connectivity index (χ3n) is 1.49. The van der Waals surface area contributed by atoms with E-state index in [-0.39, 0.29) is 18.9 Å². The summed E-state index contributed by atoms with van der Waals surface area (Å²) in [6, 6.07) is 1.69. The molecule has 0 atom stereocenters. The van der Waals surface area contributed by atoms with Gasteiger partial charge >= 0.3 is 5.97 Å². The van der Waals surface area contributed by atoms with Gasteiger partial charge in [0.2, 0.25) is 0 Å². The Morgan fingerprint density at radius 2 is 2.13 bits per heavy atom. The number of halogens is 2. The number of carbonyl (C=O) groups excluding carboxylic acids is 1. The van der Waals surface area contributed by atoms with Gasteiger partial charge in [0, 0.05) is 11.0 Å². The number of aliphatic carboxylic acids is 1. The van der Waals surface area contributed by atoms with Gasteiger partial charge in [0.1, 0.15) is 0 Å².